The van der Waals surface area contributed by atoms with Crippen LogP contribution >= 0.6 is 15.9 Å². The van der Waals surface area contributed by atoms with Gasteiger partial charge in [-0.2, -0.15) is 0 Å². The topological polar surface area (TPSA) is 15.3 Å². The molecule has 2 aromatic carbocycles. The molecule has 2 aliphatic heterocycles. The van der Waals surface area contributed by atoms with E-state index in [0.717, 1.165) is 6.04 Å². The summed E-state index contributed by atoms with van der Waals surface area (Å²) in [7, 11) is 0. The smallest absolute Gasteiger partial charge is 0.0429 e. The minimum absolute atomic E-state index is 0.606. The first-order chi connectivity index (χ1) is 10.3. The molecule has 2 atom stereocenters. The maximum atomic E-state index is 3.85. The molecule has 2 aliphatic rings. The van der Waals surface area contributed by atoms with Gasteiger partial charge in [-0.1, -0.05) is 46.6 Å². The van der Waals surface area contributed by atoms with Gasteiger partial charge in [0.15, 0.2) is 0 Å². The highest BCUT2D eigenvalue weighted by atomic mass is 79.9. The Labute approximate surface area is 134 Å². The molecular formula is C18H21BrN2. The highest BCUT2D eigenvalue weighted by Gasteiger charge is 2.35. The molecule has 1 N–H and O–H groups in total. The van der Waals surface area contributed by atoms with Crippen LogP contribution in [0.4, 0.5) is 5.69 Å². The fourth-order valence-corrected chi connectivity index (χ4v) is 4.48. The summed E-state index contributed by atoms with van der Waals surface area (Å²) in [5.74, 6) is 0. The maximum absolute atomic E-state index is 3.85. The van der Waals surface area contributed by atoms with E-state index in [4.69, 9.17) is 0 Å². The van der Waals surface area contributed by atoms with Gasteiger partial charge in [0, 0.05) is 34.2 Å². The highest BCUT2D eigenvalue weighted by molar-refractivity contribution is 9.10. The van der Waals surface area contributed by atoms with Crippen molar-refractivity contribution in [1.29, 1.82) is 0 Å². The number of halogens is 1. The van der Waals surface area contributed by atoms with E-state index >= 15 is 0 Å². The van der Waals surface area contributed by atoms with Crippen LogP contribution in [0.5, 0.6) is 0 Å². The lowest BCUT2D eigenvalue weighted by Gasteiger charge is -2.33. The van der Waals surface area contributed by atoms with Crippen molar-refractivity contribution in [3.63, 3.8) is 0 Å². The van der Waals surface area contributed by atoms with Crippen molar-refractivity contribution in [3.8, 4) is 0 Å². The first-order valence-electron chi connectivity index (χ1n) is 8.01. The van der Waals surface area contributed by atoms with Gasteiger partial charge in [-0.15, -0.1) is 0 Å². The summed E-state index contributed by atoms with van der Waals surface area (Å²) in [6, 6.07) is 14.4. The van der Waals surface area contributed by atoms with E-state index in [1.807, 2.05) is 0 Å². The Kier molecular flexibility index (Phi) is 3.64. The van der Waals surface area contributed by atoms with Crippen molar-refractivity contribution in [3.05, 3.63) is 40.9 Å². The number of benzene rings is 2. The lowest BCUT2D eigenvalue weighted by molar-refractivity contribution is 0.193. The number of hydrogen-bond acceptors (Lipinski definition) is 2. The number of rotatable bonds is 2. The summed E-state index contributed by atoms with van der Waals surface area (Å²) in [6.45, 7) is 2.56. The number of hydrogen-bond donors (Lipinski definition) is 1. The van der Waals surface area contributed by atoms with E-state index in [0.29, 0.717) is 6.04 Å². The molecule has 21 heavy (non-hydrogen) atoms. The van der Waals surface area contributed by atoms with Crippen molar-refractivity contribution in [2.45, 2.75) is 37.8 Å². The number of fused-ring (bicyclic) bond motifs is 2. The second kappa shape index (κ2) is 5.62. The molecule has 0 aliphatic carbocycles. The van der Waals surface area contributed by atoms with Gasteiger partial charge < -0.3 is 5.32 Å². The van der Waals surface area contributed by atoms with Crippen LogP contribution in [0.25, 0.3) is 10.8 Å². The molecular weight excluding hydrogens is 324 g/mol. The summed E-state index contributed by atoms with van der Waals surface area (Å²) < 4.78 is 1.18. The maximum Gasteiger partial charge on any atom is 0.0429 e. The van der Waals surface area contributed by atoms with E-state index in [-0.39, 0.29) is 0 Å². The number of nitrogens with zero attached hydrogens (tertiary/aromatic N) is 1. The molecule has 0 aromatic heterocycles. The molecule has 2 saturated heterocycles. The van der Waals surface area contributed by atoms with Crippen molar-refractivity contribution in [1.82, 2.24) is 4.90 Å². The molecule has 3 heteroatoms. The fraction of sp³-hybridized carbons (Fsp3) is 0.444. The lowest BCUT2D eigenvalue weighted by Crippen LogP contribution is -2.41. The Morgan fingerprint density at radius 3 is 2.71 bits per heavy atom. The molecule has 0 saturated carbocycles. The van der Waals surface area contributed by atoms with Gasteiger partial charge in [-0.25, -0.2) is 0 Å². The Hall–Kier alpha value is -1.06. The van der Waals surface area contributed by atoms with E-state index in [1.54, 1.807) is 0 Å². The number of anilines is 1. The van der Waals surface area contributed by atoms with Crippen LogP contribution in [-0.4, -0.2) is 30.1 Å². The van der Waals surface area contributed by atoms with Crippen LogP contribution in [0.2, 0.25) is 0 Å². The van der Waals surface area contributed by atoms with E-state index in [9.17, 15) is 0 Å². The van der Waals surface area contributed by atoms with Gasteiger partial charge in [0.25, 0.3) is 0 Å². The van der Waals surface area contributed by atoms with Crippen LogP contribution < -0.4 is 5.32 Å². The van der Waals surface area contributed by atoms with Crippen LogP contribution in [0.1, 0.15) is 25.7 Å². The SMILES string of the molecule is Brc1ccc(NC2CCN3CCCCC23)c2ccccc12. The van der Waals surface area contributed by atoms with Crippen molar-refractivity contribution in [2.24, 2.45) is 0 Å². The molecule has 0 amide bonds. The normalized spacial score (nSPS) is 26.0. The predicted octanol–water partition coefficient (Wildman–Crippen LogP) is 4.64. The molecule has 2 unspecified atom stereocenters. The highest BCUT2D eigenvalue weighted by Crippen LogP contribution is 2.34. The van der Waals surface area contributed by atoms with Crippen LogP contribution in [-0.2, 0) is 0 Å². The molecule has 2 heterocycles. The standard InChI is InChI=1S/C18H21BrN2/c19-15-8-9-16(14-6-2-1-5-13(14)15)20-17-10-12-21-11-4-3-7-18(17)21/h1-2,5-6,8-9,17-18,20H,3-4,7,10-12H2. The first kappa shape index (κ1) is 13.6. The average molecular weight is 345 g/mol. The fourth-order valence-electron chi connectivity index (χ4n) is 4.00. The lowest BCUT2D eigenvalue weighted by atomic mass is 9.98. The van der Waals surface area contributed by atoms with Gasteiger partial charge in [0.1, 0.15) is 0 Å². The molecule has 110 valence electrons. The van der Waals surface area contributed by atoms with Crippen LogP contribution in [0.3, 0.4) is 0 Å². The number of nitrogens with one attached hydrogen (secondary N) is 1. The van der Waals surface area contributed by atoms with Gasteiger partial charge in [0.2, 0.25) is 0 Å². The zero-order chi connectivity index (χ0) is 14.2. The summed E-state index contributed by atoms with van der Waals surface area (Å²) in [5.41, 5.74) is 1.28. The molecule has 0 bridgehead atoms. The monoisotopic (exact) mass is 344 g/mol. The van der Waals surface area contributed by atoms with E-state index < -0.39 is 0 Å². The largest absolute Gasteiger partial charge is 0.380 e. The van der Waals surface area contributed by atoms with Crippen LogP contribution in [0, 0.1) is 0 Å². The third kappa shape index (κ3) is 2.47. The second-order valence-electron chi connectivity index (χ2n) is 6.28. The van der Waals surface area contributed by atoms with Crippen LogP contribution in [0.15, 0.2) is 40.9 Å². The molecule has 2 fully saturated rings. The van der Waals surface area contributed by atoms with Crippen molar-refractivity contribution in [2.75, 3.05) is 18.4 Å². The molecule has 0 radical (unpaired) electrons. The van der Waals surface area contributed by atoms with Gasteiger partial charge in [0.05, 0.1) is 0 Å². The zero-order valence-corrected chi connectivity index (χ0v) is 13.8. The third-order valence-corrected chi connectivity index (χ3v) is 5.76. The number of piperidine rings is 1. The summed E-state index contributed by atoms with van der Waals surface area (Å²) >= 11 is 3.66. The quantitative estimate of drug-likeness (QED) is 0.853. The summed E-state index contributed by atoms with van der Waals surface area (Å²) in [4.78, 5) is 2.68. The van der Waals surface area contributed by atoms with E-state index in [2.05, 4.69) is 62.5 Å². The molecule has 2 aromatic rings. The van der Waals surface area contributed by atoms with Crippen molar-refractivity contribution >= 4 is 32.4 Å². The first-order valence-corrected chi connectivity index (χ1v) is 8.80. The third-order valence-electron chi connectivity index (χ3n) is 5.07. The Bertz CT molecular complexity index is 655. The second-order valence-corrected chi connectivity index (χ2v) is 7.13. The minimum atomic E-state index is 0.606. The van der Waals surface area contributed by atoms with E-state index in [1.165, 1.54) is 59.7 Å². The Morgan fingerprint density at radius 1 is 0.952 bits per heavy atom. The van der Waals surface area contributed by atoms with Crippen molar-refractivity contribution < 1.29 is 0 Å². The summed E-state index contributed by atoms with van der Waals surface area (Å²) in [5, 5.41) is 6.46. The van der Waals surface area contributed by atoms with Gasteiger partial charge in [-0.05, 0) is 43.3 Å². The zero-order valence-electron chi connectivity index (χ0n) is 12.2. The average Bonchev–Trinajstić information content (AvgIpc) is 2.94. The molecule has 0 spiro atoms. The van der Waals surface area contributed by atoms with Gasteiger partial charge in [-0.3, -0.25) is 4.90 Å². The summed E-state index contributed by atoms with van der Waals surface area (Å²) in [6.07, 6.45) is 5.39. The molecule has 4 rings (SSSR count). The Morgan fingerprint density at radius 2 is 1.81 bits per heavy atom. The van der Waals surface area contributed by atoms with Gasteiger partial charge >= 0.3 is 0 Å². The minimum Gasteiger partial charge on any atom is -0.380 e. The predicted molar refractivity (Wildman–Crippen MR) is 92.9 cm³/mol. The Balaban J connectivity index is 1.64. The molecule has 2 nitrogen and oxygen atoms in total.